The smallest absolute Gasteiger partial charge is 0.200 e. The fourth-order valence-corrected chi connectivity index (χ4v) is 2.16. The van der Waals surface area contributed by atoms with E-state index in [1.165, 1.54) is 12.2 Å². The van der Waals surface area contributed by atoms with Crippen molar-refractivity contribution in [2.24, 2.45) is 5.92 Å². The summed E-state index contributed by atoms with van der Waals surface area (Å²) in [4.78, 5) is 0. The Kier molecular flexibility index (Phi) is 13.5. The van der Waals surface area contributed by atoms with Crippen LogP contribution in [0.2, 0.25) is 0 Å². The first-order chi connectivity index (χ1) is 15.8. The first kappa shape index (κ1) is 30.9. The molecule has 0 aromatic rings. The summed E-state index contributed by atoms with van der Waals surface area (Å²) < 4.78 is 68.1. The Hall–Kier alpha value is -3.12. The van der Waals surface area contributed by atoms with Gasteiger partial charge in [0.15, 0.2) is 23.2 Å². The Morgan fingerprint density at radius 3 is 1.68 bits per heavy atom. The van der Waals surface area contributed by atoms with Crippen LogP contribution >= 0.6 is 0 Å². The lowest BCUT2D eigenvalue weighted by Gasteiger charge is -2.17. The monoisotopic (exact) mass is 478 g/mol. The molecule has 0 spiro atoms. The van der Waals surface area contributed by atoms with E-state index < -0.39 is 35.2 Å². The zero-order chi connectivity index (χ0) is 26.6. The Morgan fingerprint density at radius 1 is 0.765 bits per heavy atom. The highest BCUT2D eigenvalue weighted by atomic mass is 19.2. The lowest BCUT2D eigenvalue weighted by Crippen LogP contribution is -2.15. The number of ether oxygens (including phenoxy) is 2. The van der Waals surface area contributed by atoms with Crippen molar-refractivity contribution in [2.75, 3.05) is 13.2 Å². The number of hydrogen-bond donors (Lipinski definition) is 0. The molecule has 1 atom stereocenters. The minimum atomic E-state index is -1.32. The molecule has 0 N–H and O–H groups in total. The van der Waals surface area contributed by atoms with Gasteiger partial charge in [-0.1, -0.05) is 71.5 Å². The van der Waals surface area contributed by atoms with Gasteiger partial charge in [-0.3, -0.25) is 0 Å². The maximum Gasteiger partial charge on any atom is 0.200 e. The van der Waals surface area contributed by atoms with Gasteiger partial charge in [0.25, 0.3) is 0 Å². The Balaban J connectivity index is 5.33. The van der Waals surface area contributed by atoms with Crippen molar-refractivity contribution in [3.8, 4) is 0 Å². The van der Waals surface area contributed by atoms with Crippen molar-refractivity contribution in [1.29, 1.82) is 0 Å². The van der Waals surface area contributed by atoms with Crippen molar-refractivity contribution < 1.29 is 27.0 Å². The van der Waals surface area contributed by atoms with Gasteiger partial charge in [0.05, 0.1) is 12.7 Å². The van der Waals surface area contributed by atoms with Crippen LogP contribution in [0.5, 0.6) is 0 Å². The Morgan fingerprint density at radius 2 is 1.24 bits per heavy atom. The van der Waals surface area contributed by atoms with E-state index in [-0.39, 0.29) is 40.4 Å². The zero-order valence-corrected chi connectivity index (χ0v) is 20.3. The summed E-state index contributed by atoms with van der Waals surface area (Å²) in [5.41, 5.74) is -0.965. The fraction of sp³-hybridized carbons (Fsp3) is 0.286. The number of halogens is 4. The summed E-state index contributed by atoms with van der Waals surface area (Å²) in [6, 6.07) is 0. The maximum absolute atomic E-state index is 14.6. The summed E-state index contributed by atoms with van der Waals surface area (Å²) in [5.74, 6) is -5.38. The number of rotatable bonds is 16. The molecule has 0 fully saturated rings. The van der Waals surface area contributed by atoms with E-state index in [0.717, 1.165) is 0 Å². The van der Waals surface area contributed by atoms with Gasteiger partial charge < -0.3 is 9.47 Å². The standard InChI is InChI=1S/C28H34F4O2/c1-11-12-15-33-24(10)28(32)26(30)21(7)19(5)14-13-18(4)20(6)25(29)27(31)22(8)23(9)34-16-17(2)3/h11,13-14,17,23H,1,4-8,10,12,15-16H2,2-3,9H3/b14-13-,27-25-,28-26-. The molecule has 0 aromatic heterocycles. The van der Waals surface area contributed by atoms with Crippen molar-refractivity contribution in [1.82, 2.24) is 0 Å². The van der Waals surface area contributed by atoms with Crippen LogP contribution in [-0.2, 0) is 9.47 Å². The second-order valence-electron chi connectivity index (χ2n) is 7.84. The Labute approximate surface area is 201 Å². The van der Waals surface area contributed by atoms with E-state index in [4.69, 9.17) is 9.47 Å². The molecule has 1 unspecified atom stereocenters. The average molecular weight is 479 g/mol. The topological polar surface area (TPSA) is 18.5 Å². The molecule has 0 rings (SSSR count). The number of hydrogen-bond acceptors (Lipinski definition) is 2. The highest BCUT2D eigenvalue weighted by molar-refractivity contribution is 5.54. The van der Waals surface area contributed by atoms with Crippen molar-refractivity contribution in [3.63, 3.8) is 0 Å². The summed E-state index contributed by atoms with van der Waals surface area (Å²) in [6.07, 6.45) is 3.69. The van der Waals surface area contributed by atoms with Gasteiger partial charge in [0.1, 0.15) is 0 Å². The van der Waals surface area contributed by atoms with Gasteiger partial charge in [0.2, 0.25) is 5.83 Å². The van der Waals surface area contributed by atoms with E-state index in [0.29, 0.717) is 13.0 Å². The molecule has 2 nitrogen and oxygen atoms in total. The second kappa shape index (κ2) is 14.9. The average Bonchev–Trinajstić information content (AvgIpc) is 2.81. The number of allylic oxidation sites excluding steroid dienone is 9. The molecule has 0 aliphatic rings. The molecule has 0 heterocycles. The van der Waals surface area contributed by atoms with Gasteiger partial charge in [0, 0.05) is 23.3 Å². The SMILES string of the molecule is C=CCCOC(=C)/C(F)=C(/F)C(=C)C(=C)/C=C\C(=C)C(=C)/C(F)=C(/F)C(=C)C(C)OCC(C)C. The third-order valence-electron chi connectivity index (χ3n) is 4.47. The summed E-state index contributed by atoms with van der Waals surface area (Å²) in [6.45, 7) is 30.4. The quantitative estimate of drug-likeness (QED) is 0.0725. The Bertz CT molecular complexity index is 945. The highest BCUT2D eigenvalue weighted by Gasteiger charge is 2.20. The summed E-state index contributed by atoms with van der Waals surface area (Å²) >= 11 is 0. The summed E-state index contributed by atoms with van der Waals surface area (Å²) in [5, 5.41) is 0. The molecule has 0 aliphatic heterocycles. The zero-order valence-electron chi connectivity index (χ0n) is 20.3. The van der Waals surface area contributed by atoms with Crippen LogP contribution in [0, 0.1) is 5.92 Å². The van der Waals surface area contributed by atoms with E-state index >= 15 is 0 Å². The molecular weight excluding hydrogens is 444 g/mol. The van der Waals surface area contributed by atoms with Crippen LogP contribution in [0.25, 0.3) is 0 Å². The minimum Gasteiger partial charge on any atom is -0.491 e. The largest absolute Gasteiger partial charge is 0.491 e. The molecule has 0 saturated heterocycles. The van der Waals surface area contributed by atoms with Gasteiger partial charge in [-0.25, -0.2) is 13.2 Å². The lowest BCUT2D eigenvalue weighted by molar-refractivity contribution is 0.0690. The van der Waals surface area contributed by atoms with Crippen LogP contribution in [0.1, 0.15) is 27.2 Å². The van der Waals surface area contributed by atoms with E-state index in [2.05, 4.69) is 46.1 Å². The first-order valence-electron chi connectivity index (χ1n) is 10.6. The molecule has 0 aromatic carbocycles. The van der Waals surface area contributed by atoms with Crippen LogP contribution in [0.15, 0.2) is 121 Å². The molecule has 6 heteroatoms. The first-order valence-corrected chi connectivity index (χ1v) is 10.6. The predicted octanol–water partition coefficient (Wildman–Crippen LogP) is 8.79. The lowest BCUT2D eigenvalue weighted by atomic mass is 10.0. The molecular formula is C28H34F4O2. The highest BCUT2D eigenvalue weighted by Crippen LogP contribution is 2.30. The fourth-order valence-electron chi connectivity index (χ4n) is 2.16. The molecule has 0 bridgehead atoms. The molecule has 0 aliphatic carbocycles. The summed E-state index contributed by atoms with van der Waals surface area (Å²) in [7, 11) is 0. The van der Waals surface area contributed by atoms with Gasteiger partial charge in [-0.05, 0) is 30.4 Å². The van der Waals surface area contributed by atoms with E-state index in [1.807, 2.05) is 13.8 Å². The van der Waals surface area contributed by atoms with Gasteiger partial charge >= 0.3 is 0 Å². The van der Waals surface area contributed by atoms with Crippen LogP contribution in [0.4, 0.5) is 17.6 Å². The predicted molar refractivity (Wildman–Crippen MR) is 133 cm³/mol. The molecule has 0 saturated carbocycles. The van der Waals surface area contributed by atoms with Crippen molar-refractivity contribution in [3.05, 3.63) is 121 Å². The van der Waals surface area contributed by atoms with Crippen LogP contribution < -0.4 is 0 Å². The third-order valence-corrected chi connectivity index (χ3v) is 4.47. The van der Waals surface area contributed by atoms with Gasteiger partial charge in [-0.15, -0.1) is 6.58 Å². The minimum absolute atomic E-state index is 0.0211. The molecule has 34 heavy (non-hydrogen) atoms. The van der Waals surface area contributed by atoms with E-state index in [9.17, 15) is 17.6 Å². The normalized spacial score (nSPS) is 13.6. The molecule has 186 valence electrons. The second-order valence-corrected chi connectivity index (χ2v) is 7.84. The van der Waals surface area contributed by atoms with Crippen molar-refractivity contribution in [2.45, 2.75) is 33.3 Å². The third kappa shape index (κ3) is 9.79. The maximum atomic E-state index is 14.6. The molecule has 0 amide bonds. The van der Waals surface area contributed by atoms with E-state index in [1.54, 1.807) is 13.0 Å². The van der Waals surface area contributed by atoms with Crippen molar-refractivity contribution >= 4 is 0 Å². The van der Waals surface area contributed by atoms with Crippen LogP contribution in [0.3, 0.4) is 0 Å². The molecule has 0 radical (unpaired) electrons. The van der Waals surface area contributed by atoms with Gasteiger partial charge in [-0.2, -0.15) is 4.39 Å². The van der Waals surface area contributed by atoms with Crippen LogP contribution in [-0.4, -0.2) is 19.3 Å².